The summed E-state index contributed by atoms with van der Waals surface area (Å²) < 4.78 is 5.09. The summed E-state index contributed by atoms with van der Waals surface area (Å²) >= 11 is 0. The van der Waals surface area contributed by atoms with Crippen molar-refractivity contribution < 1.29 is 14.6 Å². The van der Waals surface area contributed by atoms with Crippen LogP contribution in [0.4, 0.5) is 0 Å². The fourth-order valence-corrected chi connectivity index (χ4v) is 1.33. The summed E-state index contributed by atoms with van der Waals surface area (Å²) in [7, 11) is 0. The van der Waals surface area contributed by atoms with Gasteiger partial charge in [0.05, 0.1) is 12.2 Å². The number of aryl methyl sites for hydroxylation is 1. The highest BCUT2D eigenvalue weighted by molar-refractivity contribution is 5.89. The Balaban J connectivity index is 2.27. The molecule has 0 spiro atoms. The number of esters is 1. The summed E-state index contributed by atoms with van der Waals surface area (Å²) in [5, 5.41) is 8.57. The maximum absolute atomic E-state index is 11.5. The van der Waals surface area contributed by atoms with E-state index in [9.17, 15) is 4.79 Å². The van der Waals surface area contributed by atoms with E-state index in [0.29, 0.717) is 12.2 Å². The molecule has 0 saturated heterocycles. The second-order valence-electron chi connectivity index (χ2n) is 3.79. The van der Waals surface area contributed by atoms with Gasteiger partial charge < -0.3 is 9.84 Å². The Morgan fingerprint density at radius 3 is 2.50 bits per heavy atom. The van der Waals surface area contributed by atoms with E-state index in [4.69, 9.17) is 9.84 Å². The van der Waals surface area contributed by atoms with Crippen molar-refractivity contribution in [2.24, 2.45) is 0 Å². The minimum Gasteiger partial charge on any atom is -0.462 e. The Morgan fingerprint density at radius 2 is 1.88 bits per heavy atom. The van der Waals surface area contributed by atoms with Gasteiger partial charge in [0.2, 0.25) is 0 Å². The molecule has 1 aromatic carbocycles. The van der Waals surface area contributed by atoms with E-state index in [-0.39, 0.29) is 12.6 Å². The van der Waals surface area contributed by atoms with E-state index in [0.717, 1.165) is 24.8 Å². The lowest BCUT2D eigenvalue weighted by Gasteiger charge is -2.04. The van der Waals surface area contributed by atoms with E-state index in [1.54, 1.807) is 12.1 Å². The summed E-state index contributed by atoms with van der Waals surface area (Å²) in [4.78, 5) is 11.5. The summed E-state index contributed by atoms with van der Waals surface area (Å²) in [6.07, 6.45) is 2.46. The Bertz CT molecular complexity index is 316. The average Bonchev–Trinajstić information content (AvgIpc) is 2.29. The van der Waals surface area contributed by atoms with Crippen molar-refractivity contribution in [3.63, 3.8) is 0 Å². The number of rotatable bonds is 6. The number of ether oxygens (including phenoxy) is 1. The molecule has 1 rings (SSSR count). The molecule has 0 fully saturated rings. The van der Waals surface area contributed by atoms with Crippen LogP contribution in [0.25, 0.3) is 0 Å². The molecule has 3 nitrogen and oxygen atoms in total. The van der Waals surface area contributed by atoms with Gasteiger partial charge in [0.25, 0.3) is 0 Å². The predicted octanol–water partition coefficient (Wildman–Crippen LogP) is 2.31. The van der Waals surface area contributed by atoms with Gasteiger partial charge in [-0.15, -0.1) is 0 Å². The van der Waals surface area contributed by atoms with Gasteiger partial charge in [-0.3, -0.25) is 0 Å². The van der Waals surface area contributed by atoms with Crippen molar-refractivity contribution in [1.29, 1.82) is 0 Å². The monoisotopic (exact) mass is 222 g/mol. The lowest BCUT2D eigenvalue weighted by molar-refractivity contribution is 0.0497. The van der Waals surface area contributed by atoms with Gasteiger partial charge in [-0.05, 0) is 38.3 Å². The van der Waals surface area contributed by atoms with Gasteiger partial charge >= 0.3 is 5.97 Å². The smallest absolute Gasteiger partial charge is 0.338 e. The van der Waals surface area contributed by atoms with Crippen LogP contribution in [-0.4, -0.2) is 24.3 Å². The number of unbranched alkanes of at least 4 members (excludes halogenated alkanes) is 2. The SMILES string of the molecule is Cc1ccc(C(=O)OCCCCCO)cc1. The van der Waals surface area contributed by atoms with Crippen LogP contribution in [0.15, 0.2) is 24.3 Å². The molecular weight excluding hydrogens is 204 g/mol. The number of hydrogen-bond acceptors (Lipinski definition) is 3. The van der Waals surface area contributed by atoms with Crippen molar-refractivity contribution in [3.05, 3.63) is 35.4 Å². The largest absolute Gasteiger partial charge is 0.462 e. The van der Waals surface area contributed by atoms with Crippen LogP contribution in [0.1, 0.15) is 35.2 Å². The summed E-state index contributed by atoms with van der Waals surface area (Å²) in [5.41, 5.74) is 1.72. The highest BCUT2D eigenvalue weighted by Gasteiger charge is 2.05. The van der Waals surface area contributed by atoms with E-state index in [1.807, 2.05) is 19.1 Å². The summed E-state index contributed by atoms with van der Waals surface area (Å²) in [6.45, 7) is 2.60. The molecule has 1 N–H and O–H groups in total. The molecule has 0 bridgehead atoms. The van der Waals surface area contributed by atoms with E-state index < -0.39 is 0 Å². The molecule has 0 saturated carbocycles. The molecular formula is C13H18O3. The molecule has 0 aliphatic heterocycles. The summed E-state index contributed by atoms with van der Waals surface area (Å²) in [6, 6.07) is 7.32. The van der Waals surface area contributed by atoms with Gasteiger partial charge in [-0.25, -0.2) is 4.79 Å². The van der Waals surface area contributed by atoms with Gasteiger partial charge in [-0.2, -0.15) is 0 Å². The zero-order chi connectivity index (χ0) is 11.8. The summed E-state index contributed by atoms with van der Waals surface area (Å²) in [5.74, 6) is -0.274. The lowest BCUT2D eigenvalue weighted by Crippen LogP contribution is -2.06. The molecule has 0 amide bonds. The van der Waals surface area contributed by atoms with E-state index in [1.165, 1.54) is 0 Å². The minimum absolute atomic E-state index is 0.200. The number of benzene rings is 1. The van der Waals surface area contributed by atoms with Gasteiger partial charge in [0, 0.05) is 6.61 Å². The Kier molecular flexibility index (Phi) is 5.57. The maximum Gasteiger partial charge on any atom is 0.338 e. The molecule has 16 heavy (non-hydrogen) atoms. The molecule has 0 unspecified atom stereocenters. The minimum atomic E-state index is -0.274. The molecule has 0 atom stereocenters. The quantitative estimate of drug-likeness (QED) is 0.593. The van der Waals surface area contributed by atoms with Gasteiger partial charge in [0.1, 0.15) is 0 Å². The standard InChI is InChI=1S/C13H18O3/c1-11-5-7-12(8-6-11)13(15)16-10-4-2-3-9-14/h5-8,14H,2-4,9-10H2,1H3. The van der Waals surface area contributed by atoms with Crippen molar-refractivity contribution in [1.82, 2.24) is 0 Å². The van der Waals surface area contributed by atoms with Crippen LogP contribution in [0, 0.1) is 6.92 Å². The molecule has 0 aromatic heterocycles. The van der Waals surface area contributed by atoms with E-state index >= 15 is 0 Å². The first kappa shape index (κ1) is 12.7. The van der Waals surface area contributed by atoms with E-state index in [2.05, 4.69) is 0 Å². The molecule has 0 aliphatic rings. The van der Waals surface area contributed by atoms with Crippen molar-refractivity contribution in [2.75, 3.05) is 13.2 Å². The van der Waals surface area contributed by atoms with Crippen molar-refractivity contribution >= 4 is 5.97 Å². The fraction of sp³-hybridized carbons (Fsp3) is 0.462. The molecule has 0 radical (unpaired) electrons. The van der Waals surface area contributed by atoms with Crippen LogP contribution in [-0.2, 0) is 4.74 Å². The maximum atomic E-state index is 11.5. The Morgan fingerprint density at radius 1 is 1.19 bits per heavy atom. The third-order valence-electron chi connectivity index (χ3n) is 2.32. The Labute approximate surface area is 96.1 Å². The van der Waals surface area contributed by atoms with Crippen LogP contribution >= 0.6 is 0 Å². The second-order valence-corrected chi connectivity index (χ2v) is 3.79. The highest BCUT2D eigenvalue weighted by Crippen LogP contribution is 2.05. The number of carbonyl (C=O) groups is 1. The fourth-order valence-electron chi connectivity index (χ4n) is 1.33. The van der Waals surface area contributed by atoms with Crippen molar-refractivity contribution in [2.45, 2.75) is 26.2 Å². The first-order chi connectivity index (χ1) is 7.74. The molecule has 3 heteroatoms. The molecule has 0 aliphatic carbocycles. The number of carbonyl (C=O) groups excluding carboxylic acids is 1. The number of hydrogen-bond donors (Lipinski definition) is 1. The van der Waals surface area contributed by atoms with Crippen LogP contribution in [0.5, 0.6) is 0 Å². The third kappa shape index (κ3) is 4.45. The van der Waals surface area contributed by atoms with Crippen LogP contribution in [0.2, 0.25) is 0 Å². The van der Waals surface area contributed by atoms with Gasteiger partial charge in [0.15, 0.2) is 0 Å². The molecule has 88 valence electrons. The van der Waals surface area contributed by atoms with Crippen LogP contribution in [0.3, 0.4) is 0 Å². The van der Waals surface area contributed by atoms with Gasteiger partial charge in [-0.1, -0.05) is 17.7 Å². The topological polar surface area (TPSA) is 46.5 Å². The number of aliphatic hydroxyl groups excluding tert-OH is 1. The highest BCUT2D eigenvalue weighted by atomic mass is 16.5. The van der Waals surface area contributed by atoms with Crippen LogP contribution < -0.4 is 0 Å². The predicted molar refractivity (Wildman–Crippen MR) is 62.4 cm³/mol. The number of aliphatic hydroxyl groups is 1. The normalized spacial score (nSPS) is 10.1. The molecule has 1 aromatic rings. The zero-order valence-corrected chi connectivity index (χ0v) is 9.61. The first-order valence-electron chi connectivity index (χ1n) is 5.58. The Hall–Kier alpha value is -1.35. The third-order valence-corrected chi connectivity index (χ3v) is 2.32. The van der Waals surface area contributed by atoms with Crippen molar-refractivity contribution in [3.8, 4) is 0 Å². The first-order valence-corrected chi connectivity index (χ1v) is 5.58. The molecule has 0 heterocycles. The second kappa shape index (κ2) is 7.01. The average molecular weight is 222 g/mol. The lowest BCUT2D eigenvalue weighted by atomic mass is 10.1. The zero-order valence-electron chi connectivity index (χ0n) is 9.61.